The fourth-order valence-corrected chi connectivity index (χ4v) is 2.55. The highest BCUT2D eigenvalue weighted by Crippen LogP contribution is 2.11. The zero-order valence-corrected chi connectivity index (χ0v) is 19.0. The van der Waals surface area contributed by atoms with Gasteiger partial charge in [-0.15, -0.1) is 24.0 Å². The SMILES string of the molecule is CCNC(=NCCc1cccc(C(=O)NC)c1)NCCOc1cccc(F)c1.I. The Hall–Kier alpha value is -2.36. The summed E-state index contributed by atoms with van der Waals surface area (Å²) in [6.45, 7) is 4.24. The fraction of sp³-hybridized carbons (Fsp3) is 0.333. The third-order valence-electron chi connectivity index (χ3n) is 3.89. The number of carbonyl (C=O) groups is 1. The molecular weight excluding hydrogens is 486 g/mol. The Balaban J connectivity index is 0.00000420. The standard InChI is InChI=1S/C21H27FN4O2.HI/c1-3-24-21(26-12-13-28-19-9-5-8-18(22)15-19)25-11-10-16-6-4-7-17(14-16)20(27)23-2;/h4-9,14-15H,3,10-13H2,1-2H3,(H,23,27)(H2,24,25,26);1H. The van der Waals surface area contributed by atoms with E-state index in [4.69, 9.17) is 4.74 Å². The minimum absolute atomic E-state index is 0. The number of benzene rings is 2. The minimum atomic E-state index is -0.319. The number of nitrogens with zero attached hydrogens (tertiary/aromatic N) is 1. The number of aliphatic imine (C=N–C) groups is 1. The average molecular weight is 514 g/mol. The summed E-state index contributed by atoms with van der Waals surface area (Å²) in [6, 6.07) is 13.6. The topological polar surface area (TPSA) is 74.8 Å². The summed E-state index contributed by atoms with van der Waals surface area (Å²) in [7, 11) is 1.62. The monoisotopic (exact) mass is 514 g/mol. The molecule has 158 valence electrons. The Morgan fingerprint density at radius 2 is 1.93 bits per heavy atom. The van der Waals surface area contributed by atoms with Gasteiger partial charge in [-0.05, 0) is 43.2 Å². The van der Waals surface area contributed by atoms with Crippen LogP contribution in [-0.4, -0.2) is 45.2 Å². The quantitative estimate of drug-likeness (QED) is 0.208. The van der Waals surface area contributed by atoms with Crippen LogP contribution in [0.4, 0.5) is 4.39 Å². The van der Waals surface area contributed by atoms with Gasteiger partial charge < -0.3 is 20.7 Å². The summed E-state index contributed by atoms with van der Waals surface area (Å²) in [5.74, 6) is 0.770. The third-order valence-corrected chi connectivity index (χ3v) is 3.89. The molecule has 0 aliphatic heterocycles. The molecule has 0 aliphatic carbocycles. The van der Waals surface area contributed by atoms with Crippen molar-refractivity contribution in [1.29, 1.82) is 0 Å². The lowest BCUT2D eigenvalue weighted by Gasteiger charge is -2.12. The number of halogens is 2. The lowest BCUT2D eigenvalue weighted by molar-refractivity contribution is 0.0963. The molecule has 0 unspecified atom stereocenters. The van der Waals surface area contributed by atoms with Crippen molar-refractivity contribution in [3.05, 3.63) is 65.5 Å². The second-order valence-corrected chi connectivity index (χ2v) is 6.02. The van der Waals surface area contributed by atoms with Crippen LogP contribution in [0, 0.1) is 5.82 Å². The molecule has 2 aromatic carbocycles. The third kappa shape index (κ3) is 9.12. The maximum Gasteiger partial charge on any atom is 0.251 e. The molecule has 3 N–H and O–H groups in total. The van der Waals surface area contributed by atoms with E-state index in [1.165, 1.54) is 12.1 Å². The zero-order chi connectivity index (χ0) is 20.2. The van der Waals surface area contributed by atoms with Crippen molar-refractivity contribution in [2.24, 2.45) is 4.99 Å². The molecule has 0 saturated heterocycles. The molecule has 0 bridgehead atoms. The van der Waals surface area contributed by atoms with Crippen molar-refractivity contribution in [2.75, 3.05) is 33.3 Å². The van der Waals surface area contributed by atoms with Crippen LogP contribution >= 0.6 is 24.0 Å². The van der Waals surface area contributed by atoms with Gasteiger partial charge in [0.2, 0.25) is 0 Å². The molecule has 0 aromatic heterocycles. The summed E-state index contributed by atoms with van der Waals surface area (Å²) in [4.78, 5) is 16.2. The number of nitrogens with one attached hydrogen (secondary N) is 3. The highest BCUT2D eigenvalue weighted by Gasteiger charge is 2.04. The highest BCUT2D eigenvalue weighted by atomic mass is 127. The molecule has 0 atom stereocenters. The van der Waals surface area contributed by atoms with Crippen LogP contribution in [0.2, 0.25) is 0 Å². The van der Waals surface area contributed by atoms with E-state index >= 15 is 0 Å². The van der Waals surface area contributed by atoms with Crippen LogP contribution in [0.1, 0.15) is 22.8 Å². The van der Waals surface area contributed by atoms with Crippen molar-refractivity contribution in [3.63, 3.8) is 0 Å². The number of amides is 1. The Morgan fingerprint density at radius 1 is 1.14 bits per heavy atom. The summed E-state index contributed by atoms with van der Waals surface area (Å²) in [5.41, 5.74) is 1.69. The molecule has 0 heterocycles. The van der Waals surface area contributed by atoms with Gasteiger partial charge in [-0.3, -0.25) is 9.79 Å². The summed E-state index contributed by atoms with van der Waals surface area (Å²) < 4.78 is 18.6. The molecule has 0 spiro atoms. The smallest absolute Gasteiger partial charge is 0.251 e. The van der Waals surface area contributed by atoms with Crippen LogP contribution in [0.5, 0.6) is 5.75 Å². The van der Waals surface area contributed by atoms with E-state index in [2.05, 4.69) is 20.9 Å². The maximum absolute atomic E-state index is 13.1. The number of rotatable bonds is 9. The predicted molar refractivity (Wildman–Crippen MR) is 125 cm³/mol. The molecule has 2 rings (SSSR count). The molecule has 0 saturated carbocycles. The van der Waals surface area contributed by atoms with Crippen molar-refractivity contribution in [1.82, 2.24) is 16.0 Å². The van der Waals surface area contributed by atoms with Crippen LogP contribution in [0.15, 0.2) is 53.5 Å². The Labute approximate surface area is 188 Å². The second kappa shape index (κ2) is 13.8. The Bertz CT molecular complexity index is 802. The van der Waals surface area contributed by atoms with Crippen molar-refractivity contribution < 1.29 is 13.9 Å². The van der Waals surface area contributed by atoms with Gasteiger partial charge in [0, 0.05) is 31.8 Å². The van der Waals surface area contributed by atoms with Crippen LogP contribution in [-0.2, 0) is 6.42 Å². The summed E-state index contributed by atoms with van der Waals surface area (Å²) >= 11 is 0. The van der Waals surface area contributed by atoms with E-state index < -0.39 is 0 Å². The number of hydrogen-bond acceptors (Lipinski definition) is 3. The van der Waals surface area contributed by atoms with Gasteiger partial charge in [0.15, 0.2) is 5.96 Å². The van der Waals surface area contributed by atoms with E-state index in [-0.39, 0.29) is 35.7 Å². The first-order valence-corrected chi connectivity index (χ1v) is 9.34. The number of carbonyl (C=O) groups excluding carboxylic acids is 1. The average Bonchev–Trinajstić information content (AvgIpc) is 2.71. The first kappa shape index (κ1) is 24.7. The van der Waals surface area contributed by atoms with Gasteiger partial charge in [0.05, 0.1) is 6.54 Å². The van der Waals surface area contributed by atoms with Crippen LogP contribution in [0.25, 0.3) is 0 Å². The minimum Gasteiger partial charge on any atom is -0.492 e. The molecule has 6 nitrogen and oxygen atoms in total. The first-order chi connectivity index (χ1) is 13.6. The van der Waals surface area contributed by atoms with Gasteiger partial charge in [-0.25, -0.2) is 4.39 Å². The van der Waals surface area contributed by atoms with Gasteiger partial charge in [0.25, 0.3) is 5.91 Å². The van der Waals surface area contributed by atoms with E-state index in [9.17, 15) is 9.18 Å². The molecule has 8 heteroatoms. The zero-order valence-electron chi connectivity index (χ0n) is 16.7. The number of ether oxygens (including phenoxy) is 1. The normalized spacial score (nSPS) is 10.7. The molecule has 2 aromatic rings. The van der Waals surface area contributed by atoms with E-state index in [1.807, 2.05) is 25.1 Å². The Morgan fingerprint density at radius 3 is 2.66 bits per heavy atom. The molecule has 0 radical (unpaired) electrons. The van der Waals surface area contributed by atoms with Crippen molar-refractivity contribution in [3.8, 4) is 5.75 Å². The lowest BCUT2D eigenvalue weighted by atomic mass is 10.1. The Kier molecular flexibility index (Phi) is 11.7. The van der Waals surface area contributed by atoms with E-state index in [0.717, 1.165) is 18.5 Å². The van der Waals surface area contributed by atoms with Crippen LogP contribution < -0.4 is 20.7 Å². The van der Waals surface area contributed by atoms with Crippen molar-refractivity contribution >= 4 is 35.8 Å². The van der Waals surface area contributed by atoms with Gasteiger partial charge in [0.1, 0.15) is 18.2 Å². The van der Waals surface area contributed by atoms with Crippen molar-refractivity contribution in [2.45, 2.75) is 13.3 Å². The number of hydrogen-bond donors (Lipinski definition) is 3. The summed E-state index contributed by atoms with van der Waals surface area (Å²) in [6.07, 6.45) is 0.723. The first-order valence-electron chi connectivity index (χ1n) is 9.34. The maximum atomic E-state index is 13.1. The van der Waals surface area contributed by atoms with Gasteiger partial charge in [-0.2, -0.15) is 0 Å². The van der Waals surface area contributed by atoms with E-state index in [1.54, 1.807) is 25.2 Å². The molecule has 0 aliphatic rings. The molecular formula is C21H28FIN4O2. The second-order valence-electron chi connectivity index (χ2n) is 6.02. The van der Waals surface area contributed by atoms with Gasteiger partial charge >= 0.3 is 0 Å². The molecule has 0 fully saturated rings. The van der Waals surface area contributed by atoms with Gasteiger partial charge in [-0.1, -0.05) is 18.2 Å². The predicted octanol–water partition coefficient (Wildman–Crippen LogP) is 2.98. The molecule has 29 heavy (non-hydrogen) atoms. The highest BCUT2D eigenvalue weighted by molar-refractivity contribution is 14.0. The van der Waals surface area contributed by atoms with E-state index in [0.29, 0.717) is 37.0 Å². The summed E-state index contributed by atoms with van der Waals surface area (Å²) in [5, 5.41) is 8.99. The largest absolute Gasteiger partial charge is 0.492 e. The number of guanidine groups is 1. The van der Waals surface area contributed by atoms with Crippen LogP contribution in [0.3, 0.4) is 0 Å². The molecule has 1 amide bonds. The lowest BCUT2D eigenvalue weighted by Crippen LogP contribution is -2.39. The fourth-order valence-electron chi connectivity index (χ4n) is 2.55.